The Morgan fingerprint density at radius 1 is 1.35 bits per heavy atom. The van der Waals surface area contributed by atoms with E-state index in [1.807, 2.05) is 30.5 Å². The average molecular weight is 270 g/mol. The van der Waals surface area contributed by atoms with E-state index in [9.17, 15) is 4.79 Å². The van der Waals surface area contributed by atoms with Gasteiger partial charge in [0.2, 0.25) is 0 Å². The van der Waals surface area contributed by atoms with E-state index >= 15 is 0 Å². The molecule has 1 aliphatic heterocycles. The van der Waals surface area contributed by atoms with Gasteiger partial charge in [0.25, 0.3) is 0 Å². The molecule has 2 N–H and O–H groups in total. The van der Waals surface area contributed by atoms with Crippen LogP contribution in [0.15, 0.2) is 30.5 Å². The summed E-state index contributed by atoms with van der Waals surface area (Å²) in [6.45, 7) is 3.98. The Balaban J connectivity index is 1.92. The van der Waals surface area contributed by atoms with Crippen molar-refractivity contribution in [1.29, 1.82) is 0 Å². The van der Waals surface area contributed by atoms with Crippen molar-refractivity contribution in [3.05, 3.63) is 36.0 Å². The third-order valence-electron chi connectivity index (χ3n) is 4.55. The van der Waals surface area contributed by atoms with Crippen molar-refractivity contribution in [3.63, 3.8) is 0 Å². The number of benzene rings is 1. The van der Waals surface area contributed by atoms with Crippen LogP contribution in [0.4, 0.5) is 0 Å². The van der Waals surface area contributed by atoms with Gasteiger partial charge in [-0.2, -0.15) is 0 Å². The fraction of sp³-hybridized carbons (Fsp3) is 0.471. The number of unbranched alkanes of at least 4 members (excludes halogenated alkanes) is 1. The van der Waals surface area contributed by atoms with Crippen LogP contribution in [0.2, 0.25) is 0 Å². The summed E-state index contributed by atoms with van der Waals surface area (Å²) in [4.78, 5) is 16.2. The van der Waals surface area contributed by atoms with E-state index in [1.54, 1.807) is 0 Å². The maximum absolute atomic E-state index is 13.0. The minimum Gasteiger partial charge on any atom is -0.361 e. The molecule has 1 aliphatic rings. The van der Waals surface area contributed by atoms with Gasteiger partial charge in [-0.05, 0) is 43.7 Å². The zero-order valence-electron chi connectivity index (χ0n) is 12.0. The highest BCUT2D eigenvalue weighted by Crippen LogP contribution is 2.36. The number of aromatic amines is 1. The Kier molecular flexibility index (Phi) is 3.62. The van der Waals surface area contributed by atoms with E-state index in [0.29, 0.717) is 5.78 Å². The second kappa shape index (κ2) is 5.41. The molecule has 1 saturated heterocycles. The molecule has 20 heavy (non-hydrogen) atoms. The molecule has 0 amide bonds. The lowest BCUT2D eigenvalue weighted by Gasteiger charge is -2.26. The number of fused-ring (bicyclic) bond motifs is 1. The van der Waals surface area contributed by atoms with E-state index in [-0.39, 0.29) is 5.41 Å². The molecule has 3 heteroatoms. The molecule has 1 atom stereocenters. The Morgan fingerprint density at radius 3 is 3.00 bits per heavy atom. The third kappa shape index (κ3) is 2.27. The van der Waals surface area contributed by atoms with Gasteiger partial charge >= 0.3 is 0 Å². The molecule has 3 nitrogen and oxygen atoms in total. The maximum Gasteiger partial charge on any atom is 0.170 e. The summed E-state index contributed by atoms with van der Waals surface area (Å²) < 4.78 is 0. The lowest BCUT2D eigenvalue weighted by atomic mass is 9.75. The number of hydrogen-bond acceptors (Lipinski definition) is 2. The molecular weight excluding hydrogens is 248 g/mol. The fourth-order valence-electron chi connectivity index (χ4n) is 3.28. The quantitative estimate of drug-likeness (QED) is 0.816. The molecule has 3 rings (SSSR count). The van der Waals surface area contributed by atoms with Crippen LogP contribution in [-0.4, -0.2) is 23.9 Å². The second-order valence-corrected chi connectivity index (χ2v) is 5.92. The minimum atomic E-state index is -0.181. The Hall–Kier alpha value is -1.61. The smallest absolute Gasteiger partial charge is 0.170 e. The van der Waals surface area contributed by atoms with Crippen LogP contribution in [0.1, 0.15) is 43.0 Å². The number of ketones is 1. The lowest BCUT2D eigenvalue weighted by molar-refractivity contribution is 0.0799. The summed E-state index contributed by atoms with van der Waals surface area (Å²) in [5.74, 6) is 0.319. The van der Waals surface area contributed by atoms with Gasteiger partial charge in [-0.25, -0.2) is 0 Å². The summed E-state index contributed by atoms with van der Waals surface area (Å²) in [7, 11) is 0. The molecule has 0 bridgehead atoms. The van der Waals surface area contributed by atoms with E-state index in [4.69, 9.17) is 0 Å². The number of Topliss-reactive ketones (excluding diaryl/α,β-unsaturated/α-hetero) is 1. The van der Waals surface area contributed by atoms with E-state index < -0.39 is 0 Å². The van der Waals surface area contributed by atoms with Gasteiger partial charge in [-0.1, -0.05) is 19.8 Å². The monoisotopic (exact) mass is 270 g/mol. The van der Waals surface area contributed by atoms with E-state index in [1.165, 1.54) is 0 Å². The van der Waals surface area contributed by atoms with Crippen molar-refractivity contribution < 1.29 is 4.79 Å². The molecule has 0 aliphatic carbocycles. The summed E-state index contributed by atoms with van der Waals surface area (Å²) in [5.41, 5.74) is 1.77. The molecule has 0 radical (unpaired) electrons. The summed E-state index contributed by atoms with van der Waals surface area (Å²) in [5, 5.41) is 4.50. The molecule has 2 aromatic rings. The van der Waals surface area contributed by atoms with Gasteiger partial charge in [-0.15, -0.1) is 0 Å². The number of carbonyl (C=O) groups excluding carboxylic acids is 1. The van der Waals surface area contributed by atoms with Gasteiger partial charge < -0.3 is 10.3 Å². The first-order valence-corrected chi connectivity index (χ1v) is 7.58. The average Bonchev–Trinajstić information content (AvgIpc) is 3.13. The lowest BCUT2D eigenvalue weighted by Crippen LogP contribution is -2.33. The van der Waals surface area contributed by atoms with Crippen LogP contribution >= 0.6 is 0 Å². The van der Waals surface area contributed by atoms with Crippen LogP contribution in [0, 0.1) is 5.41 Å². The number of H-pyrrole nitrogens is 1. The number of carbonyl (C=O) groups is 1. The standard InChI is InChI=1S/C17H22N2O/c1-2-3-7-17(8-10-18-12-17)16(20)14-4-5-15-13(11-14)6-9-19-15/h4-6,9,11,18-19H,2-3,7-8,10,12H2,1H3. The second-order valence-electron chi connectivity index (χ2n) is 5.92. The molecule has 1 fully saturated rings. The molecule has 1 aromatic carbocycles. The van der Waals surface area contributed by atoms with Crippen molar-refractivity contribution in [2.24, 2.45) is 5.41 Å². The van der Waals surface area contributed by atoms with Crippen LogP contribution in [-0.2, 0) is 0 Å². The SMILES string of the molecule is CCCCC1(C(=O)c2ccc3[nH]ccc3c2)CCNC1. The fourth-order valence-corrected chi connectivity index (χ4v) is 3.28. The van der Waals surface area contributed by atoms with Gasteiger partial charge in [0, 0.05) is 34.6 Å². The van der Waals surface area contributed by atoms with E-state index in [0.717, 1.165) is 55.2 Å². The van der Waals surface area contributed by atoms with Crippen LogP contribution in [0.5, 0.6) is 0 Å². The topological polar surface area (TPSA) is 44.9 Å². The van der Waals surface area contributed by atoms with Gasteiger partial charge in [0.1, 0.15) is 0 Å². The van der Waals surface area contributed by atoms with Crippen molar-refractivity contribution in [3.8, 4) is 0 Å². The maximum atomic E-state index is 13.0. The first kappa shape index (κ1) is 13.4. The van der Waals surface area contributed by atoms with Gasteiger partial charge in [0.15, 0.2) is 5.78 Å². The molecule has 106 valence electrons. The Morgan fingerprint density at radius 2 is 2.25 bits per heavy atom. The van der Waals surface area contributed by atoms with Crippen molar-refractivity contribution in [2.75, 3.05) is 13.1 Å². The molecule has 1 unspecified atom stereocenters. The largest absolute Gasteiger partial charge is 0.361 e. The Labute approximate surface area is 119 Å². The number of nitrogens with one attached hydrogen (secondary N) is 2. The summed E-state index contributed by atoms with van der Waals surface area (Å²) in [6.07, 6.45) is 6.16. The molecule has 2 heterocycles. The number of hydrogen-bond donors (Lipinski definition) is 2. The zero-order valence-corrected chi connectivity index (χ0v) is 12.0. The van der Waals surface area contributed by atoms with E-state index in [2.05, 4.69) is 17.2 Å². The first-order valence-electron chi connectivity index (χ1n) is 7.58. The van der Waals surface area contributed by atoms with Crippen LogP contribution < -0.4 is 5.32 Å². The summed E-state index contributed by atoms with van der Waals surface area (Å²) >= 11 is 0. The number of aromatic nitrogens is 1. The molecule has 1 aromatic heterocycles. The van der Waals surface area contributed by atoms with Crippen molar-refractivity contribution in [2.45, 2.75) is 32.6 Å². The van der Waals surface area contributed by atoms with Gasteiger partial charge in [-0.3, -0.25) is 4.79 Å². The number of rotatable bonds is 5. The van der Waals surface area contributed by atoms with Crippen LogP contribution in [0.3, 0.4) is 0 Å². The predicted molar refractivity (Wildman–Crippen MR) is 82.1 cm³/mol. The molecule has 0 spiro atoms. The highest BCUT2D eigenvalue weighted by molar-refractivity contribution is 6.03. The van der Waals surface area contributed by atoms with Gasteiger partial charge in [0.05, 0.1) is 0 Å². The normalized spacial score (nSPS) is 22.4. The summed E-state index contributed by atoms with van der Waals surface area (Å²) in [6, 6.07) is 8.03. The molecular formula is C17H22N2O. The third-order valence-corrected chi connectivity index (χ3v) is 4.55. The highest BCUT2D eigenvalue weighted by Gasteiger charge is 2.40. The Bertz CT molecular complexity index is 608. The predicted octanol–water partition coefficient (Wildman–Crippen LogP) is 3.52. The van der Waals surface area contributed by atoms with Crippen LogP contribution in [0.25, 0.3) is 10.9 Å². The van der Waals surface area contributed by atoms with Crippen molar-refractivity contribution in [1.82, 2.24) is 10.3 Å². The zero-order chi connectivity index (χ0) is 14.0. The highest BCUT2D eigenvalue weighted by atomic mass is 16.1. The minimum absolute atomic E-state index is 0.181. The van der Waals surface area contributed by atoms with Crippen molar-refractivity contribution >= 4 is 16.7 Å². The molecule has 0 saturated carbocycles. The first-order chi connectivity index (χ1) is 9.75.